The number of nitrogens with one attached hydrogen (secondary N) is 2. The lowest BCUT2D eigenvalue weighted by atomic mass is 10.2. The van der Waals surface area contributed by atoms with Gasteiger partial charge in [-0.05, 0) is 24.3 Å². The molecule has 0 aliphatic carbocycles. The van der Waals surface area contributed by atoms with Crippen molar-refractivity contribution in [3.05, 3.63) is 72.7 Å². The van der Waals surface area contributed by atoms with Crippen molar-refractivity contribution in [2.75, 3.05) is 23.8 Å². The second-order valence-electron chi connectivity index (χ2n) is 6.61. The number of para-hydroxylation sites is 1. The monoisotopic (exact) mass is 399 g/mol. The van der Waals surface area contributed by atoms with Crippen molar-refractivity contribution in [2.24, 2.45) is 0 Å². The Kier molecular flexibility index (Phi) is 4.57. The van der Waals surface area contributed by atoms with Gasteiger partial charge in [0.05, 0.1) is 16.8 Å². The predicted molar refractivity (Wildman–Crippen MR) is 112 cm³/mol. The number of carbonyl (C=O) groups is 1. The van der Waals surface area contributed by atoms with Crippen molar-refractivity contribution in [3.8, 4) is 11.5 Å². The summed E-state index contributed by atoms with van der Waals surface area (Å²) in [6.45, 7) is 1.06. The number of fused-ring (bicyclic) bond motifs is 2. The molecule has 0 saturated heterocycles. The van der Waals surface area contributed by atoms with Crippen LogP contribution >= 0.6 is 0 Å². The smallest absolute Gasteiger partial charge is 0.258 e. The minimum atomic E-state index is -0.306. The van der Waals surface area contributed by atoms with Crippen LogP contribution in [0.3, 0.4) is 0 Å². The molecule has 1 aliphatic heterocycles. The fourth-order valence-electron chi connectivity index (χ4n) is 3.16. The predicted octanol–water partition coefficient (Wildman–Crippen LogP) is 3.79. The molecule has 3 heterocycles. The van der Waals surface area contributed by atoms with Crippen molar-refractivity contribution in [1.82, 2.24) is 15.0 Å². The quantitative estimate of drug-likeness (QED) is 0.539. The van der Waals surface area contributed by atoms with E-state index >= 15 is 0 Å². The van der Waals surface area contributed by atoms with E-state index < -0.39 is 0 Å². The largest absolute Gasteiger partial charge is 0.486 e. The number of hydrogen-bond acceptors (Lipinski definition) is 7. The molecule has 8 nitrogen and oxygen atoms in total. The number of hydrogen-bond donors (Lipinski definition) is 2. The minimum Gasteiger partial charge on any atom is -0.486 e. The summed E-state index contributed by atoms with van der Waals surface area (Å²) in [5.41, 5.74) is 2.47. The maximum absolute atomic E-state index is 12.6. The van der Waals surface area contributed by atoms with E-state index in [1.54, 1.807) is 6.20 Å². The number of carbonyl (C=O) groups excluding carboxylic acids is 1. The number of rotatable bonds is 4. The molecule has 1 amide bonds. The van der Waals surface area contributed by atoms with Crippen LogP contribution in [-0.4, -0.2) is 34.1 Å². The van der Waals surface area contributed by atoms with E-state index in [1.807, 2.05) is 48.5 Å². The van der Waals surface area contributed by atoms with E-state index in [-0.39, 0.29) is 5.91 Å². The average molecular weight is 399 g/mol. The van der Waals surface area contributed by atoms with Gasteiger partial charge >= 0.3 is 0 Å². The number of nitrogens with zero attached hydrogens (tertiary/aromatic N) is 3. The highest BCUT2D eigenvalue weighted by molar-refractivity contribution is 6.08. The van der Waals surface area contributed by atoms with Crippen molar-refractivity contribution >= 4 is 34.1 Å². The zero-order chi connectivity index (χ0) is 20.3. The Morgan fingerprint density at radius 1 is 0.900 bits per heavy atom. The van der Waals surface area contributed by atoms with Gasteiger partial charge in [-0.2, -0.15) is 0 Å². The van der Waals surface area contributed by atoms with Gasteiger partial charge in [0.15, 0.2) is 11.5 Å². The number of aromatic nitrogens is 3. The third kappa shape index (κ3) is 3.58. The molecule has 0 fully saturated rings. The summed E-state index contributed by atoms with van der Waals surface area (Å²) in [5.74, 6) is 1.45. The Morgan fingerprint density at radius 2 is 1.70 bits per heavy atom. The van der Waals surface area contributed by atoms with E-state index in [1.165, 1.54) is 12.4 Å². The van der Waals surface area contributed by atoms with Gasteiger partial charge < -0.3 is 20.1 Å². The Morgan fingerprint density at radius 3 is 2.57 bits per heavy atom. The molecular formula is C22H17N5O3. The van der Waals surface area contributed by atoms with Gasteiger partial charge in [-0.15, -0.1) is 0 Å². The molecule has 0 unspecified atom stereocenters. The van der Waals surface area contributed by atoms with Gasteiger partial charge in [0.1, 0.15) is 13.2 Å². The Balaban J connectivity index is 1.30. The lowest BCUT2D eigenvalue weighted by Crippen LogP contribution is -2.15. The van der Waals surface area contributed by atoms with Crippen LogP contribution in [0.5, 0.6) is 11.5 Å². The molecule has 0 radical (unpaired) electrons. The molecule has 2 aromatic carbocycles. The summed E-state index contributed by atoms with van der Waals surface area (Å²) in [6.07, 6.45) is 4.64. The Hall–Kier alpha value is -4.20. The number of benzene rings is 2. The summed E-state index contributed by atoms with van der Waals surface area (Å²) < 4.78 is 11.1. The van der Waals surface area contributed by atoms with Crippen molar-refractivity contribution in [2.45, 2.75) is 0 Å². The van der Waals surface area contributed by atoms with E-state index in [0.29, 0.717) is 41.9 Å². The Bertz CT molecular complexity index is 1220. The highest BCUT2D eigenvalue weighted by atomic mass is 16.6. The standard InChI is InChI=1S/C22H17N5O3/c28-21(27-17-5-1-3-14-4-2-8-23-20(14)17)15-12-24-22(25-13-15)26-16-6-7-18-19(11-16)30-10-9-29-18/h1-8,11-13H,9-10H2,(H,27,28)(H,24,25,26). The summed E-state index contributed by atoms with van der Waals surface area (Å²) in [6, 6.07) is 14.9. The first-order chi connectivity index (χ1) is 14.8. The number of pyridine rings is 1. The molecule has 2 aromatic heterocycles. The van der Waals surface area contributed by atoms with E-state index in [9.17, 15) is 4.79 Å². The van der Waals surface area contributed by atoms with Gasteiger partial charge in [0.2, 0.25) is 5.95 Å². The van der Waals surface area contributed by atoms with Crippen LogP contribution in [0, 0.1) is 0 Å². The molecular weight excluding hydrogens is 382 g/mol. The summed E-state index contributed by atoms with van der Waals surface area (Å²) in [5, 5.41) is 6.92. The van der Waals surface area contributed by atoms with E-state index in [4.69, 9.17) is 9.47 Å². The second-order valence-corrected chi connectivity index (χ2v) is 6.61. The molecule has 5 rings (SSSR count). The maximum atomic E-state index is 12.6. The zero-order valence-electron chi connectivity index (χ0n) is 15.8. The first-order valence-corrected chi connectivity index (χ1v) is 9.40. The number of ether oxygens (including phenoxy) is 2. The molecule has 0 spiro atoms. The highest BCUT2D eigenvalue weighted by Gasteiger charge is 2.13. The van der Waals surface area contributed by atoms with Crippen LogP contribution in [0.15, 0.2) is 67.1 Å². The van der Waals surface area contributed by atoms with Gasteiger partial charge in [-0.1, -0.05) is 18.2 Å². The van der Waals surface area contributed by atoms with Crippen LogP contribution in [-0.2, 0) is 0 Å². The molecule has 148 valence electrons. The minimum absolute atomic E-state index is 0.306. The lowest BCUT2D eigenvalue weighted by molar-refractivity contribution is 0.102. The molecule has 1 aliphatic rings. The first kappa shape index (κ1) is 17.9. The van der Waals surface area contributed by atoms with Crippen molar-refractivity contribution in [1.29, 1.82) is 0 Å². The van der Waals surface area contributed by atoms with Gasteiger partial charge in [-0.25, -0.2) is 9.97 Å². The third-order valence-corrected chi connectivity index (χ3v) is 4.59. The molecule has 30 heavy (non-hydrogen) atoms. The van der Waals surface area contributed by atoms with Crippen LogP contribution < -0.4 is 20.1 Å². The molecule has 0 bridgehead atoms. The molecule has 0 atom stereocenters. The van der Waals surface area contributed by atoms with E-state index in [2.05, 4.69) is 25.6 Å². The zero-order valence-corrected chi connectivity index (χ0v) is 15.8. The normalized spacial score (nSPS) is 12.4. The summed E-state index contributed by atoms with van der Waals surface area (Å²) in [7, 11) is 0. The molecule has 2 N–H and O–H groups in total. The number of amides is 1. The van der Waals surface area contributed by atoms with Crippen LogP contribution in [0.25, 0.3) is 10.9 Å². The summed E-state index contributed by atoms with van der Waals surface area (Å²) >= 11 is 0. The van der Waals surface area contributed by atoms with E-state index in [0.717, 1.165) is 16.6 Å². The number of anilines is 3. The second kappa shape index (κ2) is 7.67. The van der Waals surface area contributed by atoms with Crippen LogP contribution in [0.2, 0.25) is 0 Å². The van der Waals surface area contributed by atoms with Gasteiger partial charge in [-0.3, -0.25) is 9.78 Å². The molecule has 8 heteroatoms. The van der Waals surface area contributed by atoms with Crippen molar-refractivity contribution in [3.63, 3.8) is 0 Å². The third-order valence-electron chi connectivity index (χ3n) is 4.59. The maximum Gasteiger partial charge on any atom is 0.258 e. The SMILES string of the molecule is O=C(Nc1cccc2cccnc12)c1cnc(Nc2ccc3c(c2)OCCO3)nc1. The highest BCUT2D eigenvalue weighted by Crippen LogP contribution is 2.33. The summed E-state index contributed by atoms with van der Waals surface area (Å²) in [4.78, 5) is 25.4. The Labute approximate surface area is 171 Å². The van der Waals surface area contributed by atoms with Crippen LogP contribution in [0.4, 0.5) is 17.3 Å². The fraction of sp³-hybridized carbons (Fsp3) is 0.0909. The topological polar surface area (TPSA) is 98.3 Å². The average Bonchev–Trinajstić information content (AvgIpc) is 2.80. The molecule has 0 saturated carbocycles. The lowest BCUT2D eigenvalue weighted by Gasteiger charge is -2.19. The van der Waals surface area contributed by atoms with Gasteiger partial charge in [0, 0.05) is 35.7 Å². The van der Waals surface area contributed by atoms with Crippen LogP contribution in [0.1, 0.15) is 10.4 Å². The molecule has 4 aromatic rings. The fourth-order valence-corrected chi connectivity index (χ4v) is 3.16. The first-order valence-electron chi connectivity index (χ1n) is 9.40. The van der Waals surface area contributed by atoms with Crippen molar-refractivity contribution < 1.29 is 14.3 Å². The van der Waals surface area contributed by atoms with Gasteiger partial charge in [0.25, 0.3) is 5.91 Å².